The fourth-order valence-electron chi connectivity index (χ4n) is 1.22. The quantitative estimate of drug-likeness (QED) is 0.546. The van der Waals surface area contributed by atoms with E-state index in [4.69, 9.17) is 18.3 Å². The van der Waals surface area contributed by atoms with E-state index in [1.54, 1.807) is 6.92 Å². The Kier molecular flexibility index (Phi) is 1.20. The van der Waals surface area contributed by atoms with Crippen LogP contribution in [0.3, 0.4) is 0 Å². The number of thiocarbonyl (C=S) groups is 1. The number of benzene rings is 1. The lowest BCUT2D eigenvalue weighted by molar-refractivity contribution is 0.238. The predicted octanol–water partition coefficient (Wildman–Crippen LogP) is 2.45. The van der Waals surface area contributed by atoms with Crippen molar-refractivity contribution in [3.05, 3.63) is 35.4 Å². The maximum Gasteiger partial charge on any atom is 0.192 e. The summed E-state index contributed by atoms with van der Waals surface area (Å²) >= 11 is 4.98. The normalized spacial score (nSPS) is 29.2. The summed E-state index contributed by atoms with van der Waals surface area (Å²) in [5.41, 5.74) is 1.74. The van der Waals surface area contributed by atoms with Crippen LogP contribution in [0.15, 0.2) is 24.3 Å². The summed E-state index contributed by atoms with van der Waals surface area (Å²) < 4.78 is 13.0. The molecule has 56 valence electrons. The standard InChI is InChI=1S/C9H8OS/c1-6-7-4-2-3-5-8(7)9(11)10-6/h2-6H,1H3/i6D. The molecule has 1 heterocycles. The molecule has 1 nitrogen and oxygen atoms in total. The molecule has 2 heteroatoms. The first-order chi connectivity index (χ1) is 5.61. The zero-order chi connectivity index (χ0) is 8.77. The molecule has 1 aliphatic heterocycles. The fraction of sp³-hybridized carbons (Fsp3) is 0.222. The van der Waals surface area contributed by atoms with Gasteiger partial charge in [-0.2, -0.15) is 0 Å². The van der Waals surface area contributed by atoms with Crippen molar-refractivity contribution in [3.63, 3.8) is 0 Å². The lowest BCUT2D eigenvalue weighted by Gasteiger charge is -2.01. The minimum atomic E-state index is -0.992. The Morgan fingerprint density at radius 1 is 1.55 bits per heavy atom. The third-order valence-corrected chi connectivity index (χ3v) is 2.08. The van der Waals surface area contributed by atoms with Gasteiger partial charge in [0, 0.05) is 11.1 Å². The van der Waals surface area contributed by atoms with Gasteiger partial charge in [0.15, 0.2) is 5.05 Å². The Labute approximate surface area is 72.4 Å². The Bertz CT molecular complexity index is 346. The van der Waals surface area contributed by atoms with Gasteiger partial charge in [-0.15, -0.1) is 0 Å². The van der Waals surface area contributed by atoms with Crippen molar-refractivity contribution in [3.8, 4) is 0 Å². The number of fused-ring (bicyclic) bond motifs is 1. The van der Waals surface area contributed by atoms with Crippen molar-refractivity contribution < 1.29 is 6.11 Å². The third kappa shape index (κ3) is 0.942. The molecule has 1 atom stereocenters. The van der Waals surface area contributed by atoms with Crippen LogP contribution in [0, 0.1) is 0 Å². The second kappa shape index (κ2) is 2.31. The topological polar surface area (TPSA) is 9.23 Å². The monoisotopic (exact) mass is 165 g/mol. The van der Waals surface area contributed by atoms with Crippen LogP contribution in [0.5, 0.6) is 0 Å². The third-order valence-electron chi connectivity index (χ3n) is 1.77. The van der Waals surface area contributed by atoms with Crippen LogP contribution in [0.2, 0.25) is 0 Å². The SMILES string of the molecule is [2H]C1(C)OC(=S)c2ccccc21. The van der Waals surface area contributed by atoms with Crippen molar-refractivity contribution in [2.45, 2.75) is 13.0 Å². The van der Waals surface area contributed by atoms with Gasteiger partial charge in [-0.3, -0.25) is 0 Å². The van der Waals surface area contributed by atoms with Crippen LogP contribution in [-0.2, 0) is 4.74 Å². The zero-order valence-electron chi connectivity index (χ0n) is 7.13. The van der Waals surface area contributed by atoms with Gasteiger partial charge < -0.3 is 4.74 Å². The Hall–Kier alpha value is -0.890. The maximum absolute atomic E-state index is 7.79. The van der Waals surface area contributed by atoms with Gasteiger partial charge in [0.2, 0.25) is 0 Å². The molecule has 11 heavy (non-hydrogen) atoms. The van der Waals surface area contributed by atoms with Gasteiger partial charge in [-0.1, -0.05) is 18.2 Å². The Morgan fingerprint density at radius 2 is 2.27 bits per heavy atom. The molecule has 2 rings (SSSR count). The molecule has 0 fully saturated rings. The van der Waals surface area contributed by atoms with Crippen LogP contribution < -0.4 is 0 Å². The summed E-state index contributed by atoms with van der Waals surface area (Å²) in [6.45, 7) is 1.70. The summed E-state index contributed by atoms with van der Waals surface area (Å²) in [5, 5.41) is 0.433. The van der Waals surface area contributed by atoms with Gasteiger partial charge in [0.25, 0.3) is 0 Å². The molecule has 0 saturated carbocycles. The van der Waals surface area contributed by atoms with E-state index in [0.717, 1.165) is 11.1 Å². The highest BCUT2D eigenvalue weighted by Gasteiger charge is 2.23. The van der Waals surface area contributed by atoms with E-state index in [1.165, 1.54) is 0 Å². The fourth-order valence-corrected chi connectivity index (χ4v) is 1.52. The van der Waals surface area contributed by atoms with E-state index < -0.39 is 6.08 Å². The van der Waals surface area contributed by atoms with Gasteiger partial charge in [-0.05, 0) is 25.2 Å². The molecule has 0 spiro atoms. The lowest BCUT2D eigenvalue weighted by atomic mass is 10.1. The van der Waals surface area contributed by atoms with Crippen molar-refractivity contribution in [1.29, 1.82) is 0 Å². The van der Waals surface area contributed by atoms with E-state index in [-0.39, 0.29) is 0 Å². The second-order valence-corrected chi connectivity index (χ2v) is 2.86. The molecule has 1 aromatic rings. The molecule has 1 unspecified atom stereocenters. The van der Waals surface area contributed by atoms with Gasteiger partial charge >= 0.3 is 0 Å². The maximum atomic E-state index is 7.79. The minimum absolute atomic E-state index is 0.433. The van der Waals surface area contributed by atoms with E-state index in [0.29, 0.717) is 5.05 Å². The van der Waals surface area contributed by atoms with Crippen LogP contribution in [-0.4, -0.2) is 5.05 Å². The number of ether oxygens (including phenoxy) is 1. The number of hydrogen-bond donors (Lipinski definition) is 0. The Balaban J connectivity index is 2.66. The summed E-state index contributed by atoms with van der Waals surface area (Å²) in [5.74, 6) is 0. The largest absolute Gasteiger partial charge is 0.475 e. The summed E-state index contributed by atoms with van der Waals surface area (Å²) in [6.07, 6.45) is -0.992. The van der Waals surface area contributed by atoms with E-state index in [1.807, 2.05) is 24.3 Å². The average Bonchev–Trinajstić information content (AvgIpc) is 2.25. The van der Waals surface area contributed by atoms with Crippen molar-refractivity contribution in [2.24, 2.45) is 0 Å². The van der Waals surface area contributed by atoms with E-state index in [2.05, 4.69) is 0 Å². The highest BCUT2D eigenvalue weighted by Crippen LogP contribution is 2.29. The molecular formula is C9H8OS. The molecule has 0 saturated heterocycles. The van der Waals surface area contributed by atoms with E-state index in [9.17, 15) is 0 Å². The summed E-state index contributed by atoms with van der Waals surface area (Å²) in [6, 6.07) is 7.55. The van der Waals surface area contributed by atoms with Gasteiger partial charge in [0.1, 0.15) is 6.08 Å². The van der Waals surface area contributed by atoms with Crippen molar-refractivity contribution in [1.82, 2.24) is 0 Å². The highest BCUT2D eigenvalue weighted by atomic mass is 32.1. The molecule has 0 aliphatic carbocycles. The van der Waals surface area contributed by atoms with E-state index >= 15 is 0 Å². The second-order valence-electron chi connectivity index (χ2n) is 2.49. The first-order valence-electron chi connectivity index (χ1n) is 3.94. The minimum Gasteiger partial charge on any atom is -0.475 e. The molecule has 0 aromatic heterocycles. The highest BCUT2D eigenvalue weighted by molar-refractivity contribution is 7.80. The molecule has 0 amide bonds. The summed E-state index contributed by atoms with van der Waals surface area (Å²) in [7, 11) is 0. The molecule has 1 aliphatic rings. The first kappa shape index (κ1) is 5.72. The number of rotatable bonds is 0. The molecule has 0 radical (unpaired) electrons. The van der Waals surface area contributed by atoms with Crippen molar-refractivity contribution in [2.75, 3.05) is 0 Å². The number of hydrogen-bond acceptors (Lipinski definition) is 2. The molecule has 1 aromatic carbocycles. The summed E-state index contributed by atoms with van der Waals surface area (Å²) in [4.78, 5) is 0. The van der Waals surface area contributed by atoms with Crippen LogP contribution >= 0.6 is 12.2 Å². The Morgan fingerprint density at radius 3 is 3.00 bits per heavy atom. The predicted molar refractivity (Wildman–Crippen MR) is 47.6 cm³/mol. The van der Waals surface area contributed by atoms with Crippen LogP contribution in [0.4, 0.5) is 0 Å². The molecule has 0 N–H and O–H groups in total. The first-order valence-corrected chi connectivity index (χ1v) is 3.85. The van der Waals surface area contributed by atoms with Crippen molar-refractivity contribution >= 4 is 17.3 Å². The smallest absolute Gasteiger partial charge is 0.192 e. The molecule has 0 bridgehead atoms. The van der Waals surface area contributed by atoms with Crippen LogP contribution in [0.1, 0.15) is 25.5 Å². The van der Waals surface area contributed by atoms with Gasteiger partial charge in [-0.25, -0.2) is 0 Å². The molecular weight excluding hydrogens is 156 g/mol. The van der Waals surface area contributed by atoms with Gasteiger partial charge in [0.05, 0.1) is 1.37 Å². The lowest BCUT2D eigenvalue weighted by Crippen LogP contribution is -1.91. The average molecular weight is 165 g/mol. The zero-order valence-corrected chi connectivity index (χ0v) is 6.94. The van der Waals surface area contributed by atoms with Crippen LogP contribution in [0.25, 0.3) is 0 Å².